The van der Waals surface area contributed by atoms with Crippen LogP contribution >= 0.6 is 0 Å². The van der Waals surface area contributed by atoms with E-state index in [-0.39, 0.29) is 22.6 Å². The molecule has 7 heteroatoms. The zero-order chi connectivity index (χ0) is 18.4. The molecule has 0 aromatic heterocycles. The number of allylic oxidation sites excluding steroid dienone is 1. The number of nitro benzene ring substituents is 1. The summed E-state index contributed by atoms with van der Waals surface area (Å²) < 4.78 is 15.4. The van der Waals surface area contributed by atoms with Crippen LogP contribution in [0, 0.1) is 21.4 Å². The van der Waals surface area contributed by atoms with Gasteiger partial charge in [0.2, 0.25) is 0 Å². The molecule has 2 aromatic rings. The van der Waals surface area contributed by atoms with Gasteiger partial charge in [-0.05, 0) is 42.0 Å². The summed E-state index contributed by atoms with van der Waals surface area (Å²) in [6, 6.07) is 11.6. The van der Waals surface area contributed by atoms with Crippen molar-refractivity contribution in [3.63, 3.8) is 0 Å². The molecule has 128 valence electrons. The lowest BCUT2D eigenvalue weighted by atomic mass is 10.0. The fraction of sp³-hybridized carbons (Fsp3) is 0.167. The maximum Gasteiger partial charge on any atom is 0.280 e. The van der Waals surface area contributed by atoms with Crippen LogP contribution < -0.4 is 14.2 Å². The van der Waals surface area contributed by atoms with Crippen LogP contribution in [0.3, 0.4) is 0 Å². The molecule has 0 spiro atoms. The van der Waals surface area contributed by atoms with E-state index in [1.165, 1.54) is 32.4 Å². The molecule has 0 radical (unpaired) electrons. The van der Waals surface area contributed by atoms with Gasteiger partial charge in [-0.25, -0.2) is 0 Å². The molecule has 0 aliphatic rings. The third-order valence-corrected chi connectivity index (χ3v) is 3.55. The summed E-state index contributed by atoms with van der Waals surface area (Å²) in [6.07, 6.45) is 1.45. The molecule has 7 nitrogen and oxygen atoms in total. The van der Waals surface area contributed by atoms with Crippen molar-refractivity contribution in [2.75, 3.05) is 21.3 Å². The highest BCUT2D eigenvalue weighted by Crippen LogP contribution is 2.36. The van der Waals surface area contributed by atoms with Gasteiger partial charge in [0.1, 0.15) is 5.75 Å². The Balaban J connectivity index is 2.59. The normalized spacial score (nSPS) is 10.7. The number of benzene rings is 2. The summed E-state index contributed by atoms with van der Waals surface area (Å²) in [4.78, 5) is 10.8. The molecule has 0 aliphatic heterocycles. The van der Waals surface area contributed by atoms with Gasteiger partial charge in [-0.15, -0.1) is 0 Å². The molecule has 2 aromatic carbocycles. The summed E-state index contributed by atoms with van der Waals surface area (Å²) in [7, 11) is 4.38. The lowest BCUT2D eigenvalue weighted by Gasteiger charge is -2.09. The van der Waals surface area contributed by atoms with Crippen LogP contribution in [0.1, 0.15) is 11.1 Å². The van der Waals surface area contributed by atoms with Crippen LogP contribution in [-0.2, 0) is 0 Å². The molecule has 0 amide bonds. The van der Waals surface area contributed by atoms with Crippen molar-refractivity contribution in [1.29, 1.82) is 5.26 Å². The molecule has 0 atom stereocenters. The average molecular weight is 340 g/mol. The monoisotopic (exact) mass is 340 g/mol. The number of nitro groups is 1. The second-order valence-electron chi connectivity index (χ2n) is 4.92. The van der Waals surface area contributed by atoms with Crippen molar-refractivity contribution in [3.8, 4) is 23.3 Å². The number of nitriles is 1. The topological polar surface area (TPSA) is 94.6 Å². The Bertz CT molecular complexity index is 851. The van der Waals surface area contributed by atoms with Gasteiger partial charge in [0, 0.05) is 0 Å². The van der Waals surface area contributed by atoms with Crippen LogP contribution in [0.15, 0.2) is 36.4 Å². The predicted molar refractivity (Wildman–Crippen MR) is 92.7 cm³/mol. The zero-order valence-electron chi connectivity index (χ0n) is 14.0. The Hall–Kier alpha value is -3.53. The maximum absolute atomic E-state index is 11.4. The minimum absolute atomic E-state index is 0.182. The molecule has 0 fully saturated rings. The predicted octanol–water partition coefficient (Wildman–Crippen LogP) is 3.68. The zero-order valence-corrected chi connectivity index (χ0v) is 14.0. The minimum Gasteiger partial charge on any atom is -0.497 e. The molecular formula is C18H16N2O5. The van der Waals surface area contributed by atoms with E-state index in [2.05, 4.69) is 6.07 Å². The van der Waals surface area contributed by atoms with Crippen molar-refractivity contribution in [2.45, 2.75) is 0 Å². The number of hydrogen-bond donors (Lipinski definition) is 0. The highest BCUT2D eigenvalue weighted by Gasteiger charge is 2.19. The molecule has 0 saturated carbocycles. The van der Waals surface area contributed by atoms with Crippen LogP contribution in [0.25, 0.3) is 11.6 Å². The Morgan fingerprint density at radius 1 is 1.08 bits per heavy atom. The van der Waals surface area contributed by atoms with E-state index in [9.17, 15) is 15.4 Å². The fourth-order valence-corrected chi connectivity index (χ4v) is 2.26. The summed E-state index contributed by atoms with van der Waals surface area (Å²) >= 11 is 0. The van der Waals surface area contributed by atoms with Crippen LogP contribution in [0.4, 0.5) is 5.69 Å². The second kappa shape index (κ2) is 7.84. The third kappa shape index (κ3) is 3.87. The van der Waals surface area contributed by atoms with Gasteiger partial charge in [0.25, 0.3) is 5.69 Å². The first-order valence-electron chi connectivity index (χ1n) is 7.20. The fourth-order valence-electron chi connectivity index (χ4n) is 2.26. The standard InChI is InChI=1S/C18H16N2O5/c1-23-15-6-4-12(5-7-15)14(11-19)8-13-9-17(24-2)18(25-3)10-16(13)20(21)22/h4-10H,1-3H3/b14-8+. The average Bonchev–Trinajstić information content (AvgIpc) is 2.65. The Morgan fingerprint density at radius 3 is 2.16 bits per heavy atom. The van der Waals surface area contributed by atoms with Gasteiger partial charge in [-0.3, -0.25) is 10.1 Å². The van der Waals surface area contributed by atoms with E-state index in [4.69, 9.17) is 14.2 Å². The van der Waals surface area contributed by atoms with Crippen LogP contribution in [0.5, 0.6) is 17.2 Å². The first-order valence-corrected chi connectivity index (χ1v) is 7.20. The van der Waals surface area contributed by atoms with Crippen molar-refractivity contribution in [3.05, 3.63) is 57.6 Å². The van der Waals surface area contributed by atoms with Gasteiger partial charge in [0.15, 0.2) is 11.5 Å². The van der Waals surface area contributed by atoms with Gasteiger partial charge in [-0.2, -0.15) is 5.26 Å². The maximum atomic E-state index is 11.4. The van der Waals surface area contributed by atoms with E-state index in [0.717, 1.165) is 0 Å². The van der Waals surface area contributed by atoms with Gasteiger partial charge < -0.3 is 14.2 Å². The minimum atomic E-state index is -0.531. The molecule has 25 heavy (non-hydrogen) atoms. The molecule has 0 aliphatic carbocycles. The van der Waals surface area contributed by atoms with Crippen LogP contribution in [0.2, 0.25) is 0 Å². The number of nitrogens with zero attached hydrogens (tertiary/aromatic N) is 2. The van der Waals surface area contributed by atoms with E-state index >= 15 is 0 Å². The SMILES string of the molecule is COc1ccc(/C(C#N)=C/c2cc(OC)c(OC)cc2[N+](=O)[O-])cc1. The first-order chi connectivity index (χ1) is 12.0. The Morgan fingerprint density at radius 2 is 1.68 bits per heavy atom. The molecule has 0 N–H and O–H groups in total. The highest BCUT2D eigenvalue weighted by molar-refractivity contribution is 5.91. The molecular weight excluding hydrogens is 324 g/mol. The number of methoxy groups -OCH3 is 3. The van der Waals surface area contributed by atoms with Crippen molar-refractivity contribution < 1.29 is 19.1 Å². The van der Waals surface area contributed by atoms with Crippen LogP contribution in [-0.4, -0.2) is 26.3 Å². The molecule has 0 heterocycles. The molecule has 0 bridgehead atoms. The largest absolute Gasteiger partial charge is 0.497 e. The van der Waals surface area contributed by atoms with E-state index in [1.54, 1.807) is 31.4 Å². The summed E-state index contributed by atoms with van der Waals surface area (Å²) in [5.41, 5.74) is 0.958. The Kier molecular flexibility index (Phi) is 5.58. The lowest BCUT2D eigenvalue weighted by Crippen LogP contribution is -1.97. The van der Waals surface area contributed by atoms with E-state index < -0.39 is 4.92 Å². The smallest absolute Gasteiger partial charge is 0.280 e. The number of rotatable bonds is 6. The summed E-state index contributed by atoms with van der Waals surface area (Å²) in [5, 5.41) is 20.8. The molecule has 2 rings (SSSR count). The quantitative estimate of drug-likeness (QED) is 0.344. The highest BCUT2D eigenvalue weighted by atomic mass is 16.6. The third-order valence-electron chi connectivity index (χ3n) is 3.55. The van der Waals surface area contributed by atoms with E-state index in [1.807, 2.05) is 0 Å². The molecule has 0 unspecified atom stereocenters. The number of ether oxygens (including phenoxy) is 3. The van der Waals surface area contributed by atoms with Gasteiger partial charge >= 0.3 is 0 Å². The van der Waals surface area contributed by atoms with Gasteiger partial charge in [-0.1, -0.05) is 0 Å². The van der Waals surface area contributed by atoms with Crippen molar-refractivity contribution in [1.82, 2.24) is 0 Å². The van der Waals surface area contributed by atoms with Crippen molar-refractivity contribution in [2.24, 2.45) is 0 Å². The summed E-state index contributed by atoms with van der Waals surface area (Å²) in [6.45, 7) is 0. The lowest BCUT2D eigenvalue weighted by molar-refractivity contribution is -0.385. The van der Waals surface area contributed by atoms with E-state index in [0.29, 0.717) is 17.1 Å². The summed E-state index contributed by atoms with van der Waals surface area (Å²) in [5.74, 6) is 1.24. The van der Waals surface area contributed by atoms with Gasteiger partial charge in [0.05, 0.1) is 49.5 Å². The first kappa shape index (κ1) is 17.8. The molecule has 0 saturated heterocycles. The second-order valence-corrected chi connectivity index (χ2v) is 4.92. The van der Waals surface area contributed by atoms with Crippen molar-refractivity contribution >= 4 is 17.3 Å². The number of hydrogen-bond acceptors (Lipinski definition) is 6. The Labute approximate surface area is 144 Å².